The SMILES string of the molecule is CS(=O)(=O)c1cccc(-c2cc(C(F)(F)F)n[n]2[AlH2])c1. The number of rotatable bonds is 2. The van der Waals surface area contributed by atoms with E-state index >= 15 is 0 Å². The van der Waals surface area contributed by atoms with Gasteiger partial charge in [0.05, 0.1) is 4.90 Å². The molecule has 0 saturated heterocycles. The van der Waals surface area contributed by atoms with Crippen LogP contribution in [0, 0.1) is 0 Å². The van der Waals surface area contributed by atoms with Crippen molar-refractivity contribution in [2.24, 2.45) is 0 Å². The van der Waals surface area contributed by atoms with Gasteiger partial charge in [0, 0.05) is 11.9 Å². The van der Waals surface area contributed by atoms with Crippen LogP contribution < -0.4 is 0 Å². The topological polar surface area (TPSA) is 52.0 Å². The molecule has 2 rings (SSSR count). The maximum Gasteiger partial charge on any atom is 0.435 e. The standard InChI is InChI=1S/C11H8F3N2O2S.Al.2H/c1-19(17,18)8-4-2-3-7(5-8)9-6-10(16-15-9)11(12,13)14;;;/h2-6H,1H3;;;/q-1;+1;;. The van der Waals surface area contributed by atoms with E-state index in [9.17, 15) is 21.6 Å². The monoisotopic (exact) mass is 318 g/mol. The molecule has 2 aromatic rings. The van der Waals surface area contributed by atoms with Crippen molar-refractivity contribution in [1.82, 2.24) is 8.76 Å². The minimum atomic E-state index is -4.52. The number of hydrogen-bond acceptors (Lipinski definition) is 3. The molecule has 0 aliphatic rings. The van der Waals surface area contributed by atoms with Gasteiger partial charge in [0.2, 0.25) is 0 Å². The highest BCUT2D eigenvalue weighted by Gasteiger charge is 2.34. The first kappa shape index (κ1) is 15.1. The maximum absolute atomic E-state index is 12.6. The van der Waals surface area contributed by atoms with Crippen molar-refractivity contribution in [3.05, 3.63) is 36.0 Å². The normalized spacial score (nSPS) is 12.6. The zero-order valence-corrected chi connectivity index (χ0v) is 13.5. The molecule has 9 heteroatoms. The Morgan fingerprint density at radius 3 is 2.40 bits per heavy atom. The molecule has 1 aromatic heterocycles. The van der Waals surface area contributed by atoms with E-state index in [1.54, 1.807) is 6.07 Å². The van der Waals surface area contributed by atoms with Gasteiger partial charge in [0.25, 0.3) is 0 Å². The molecule has 0 N–H and O–H groups in total. The van der Waals surface area contributed by atoms with E-state index in [0.29, 0.717) is 5.56 Å². The molecule has 4 nitrogen and oxygen atoms in total. The van der Waals surface area contributed by atoms with Crippen LogP contribution in [0.25, 0.3) is 11.3 Å². The first-order valence-electron chi connectivity index (χ1n) is 5.51. The lowest BCUT2D eigenvalue weighted by Gasteiger charge is -2.05. The number of benzene rings is 1. The van der Waals surface area contributed by atoms with Crippen molar-refractivity contribution < 1.29 is 21.6 Å². The van der Waals surface area contributed by atoms with Crippen molar-refractivity contribution in [3.63, 3.8) is 0 Å². The van der Waals surface area contributed by atoms with E-state index in [2.05, 4.69) is 5.10 Å². The van der Waals surface area contributed by atoms with E-state index in [-0.39, 0.29) is 27.1 Å². The van der Waals surface area contributed by atoms with Gasteiger partial charge in [-0.3, -0.25) is 0 Å². The Labute approximate surface area is 121 Å². The number of hydrogen-bond donors (Lipinski definition) is 0. The van der Waals surface area contributed by atoms with Gasteiger partial charge >= 0.3 is 22.7 Å². The van der Waals surface area contributed by atoms with E-state index in [0.717, 1.165) is 12.3 Å². The molecule has 0 saturated carbocycles. The Morgan fingerprint density at radius 1 is 1.25 bits per heavy atom. The molecule has 0 aliphatic heterocycles. The summed E-state index contributed by atoms with van der Waals surface area (Å²) in [5, 5.41) is 3.45. The van der Waals surface area contributed by atoms with Crippen LogP contribution in [-0.4, -0.2) is 39.9 Å². The van der Waals surface area contributed by atoms with E-state index < -0.39 is 21.7 Å². The molecule has 20 heavy (non-hydrogen) atoms. The minimum absolute atomic E-state index is 0.0615. The average Bonchev–Trinajstić information content (AvgIpc) is 2.70. The lowest BCUT2D eigenvalue weighted by atomic mass is 10.1. The van der Waals surface area contributed by atoms with Gasteiger partial charge in [0.1, 0.15) is 0 Å². The van der Waals surface area contributed by atoms with E-state index in [4.69, 9.17) is 0 Å². The second kappa shape index (κ2) is 4.91. The van der Waals surface area contributed by atoms with Crippen LogP contribution in [-0.2, 0) is 16.0 Å². The molecule has 0 aliphatic carbocycles. The van der Waals surface area contributed by atoms with Gasteiger partial charge in [-0.25, -0.2) is 8.42 Å². The first-order valence-corrected chi connectivity index (χ1v) is 8.29. The lowest BCUT2D eigenvalue weighted by molar-refractivity contribution is -0.141. The summed E-state index contributed by atoms with van der Waals surface area (Å²) in [6.07, 6.45) is -3.47. The molecule has 0 atom stereocenters. The number of alkyl halides is 3. The second-order valence-corrected chi connectivity index (χ2v) is 7.20. The molecular formula is C11H10AlF3N2O2S. The summed E-state index contributed by atoms with van der Waals surface area (Å²) in [5.41, 5.74) is -0.326. The van der Waals surface area contributed by atoms with Crippen LogP contribution in [0.1, 0.15) is 5.69 Å². The maximum atomic E-state index is 12.6. The summed E-state index contributed by atoms with van der Waals surface area (Å²) in [4.78, 5) is 0.0615. The molecule has 0 bridgehead atoms. The number of nitrogens with zero attached hydrogens (tertiary/aromatic N) is 2. The molecule has 0 amide bonds. The molecule has 1 heterocycles. The van der Waals surface area contributed by atoms with Crippen LogP contribution in [0.15, 0.2) is 35.2 Å². The van der Waals surface area contributed by atoms with Gasteiger partial charge < -0.3 is 3.67 Å². The fourth-order valence-electron chi connectivity index (χ4n) is 1.76. The lowest BCUT2D eigenvalue weighted by Crippen LogP contribution is -2.07. The van der Waals surface area contributed by atoms with E-state index in [1.807, 2.05) is 0 Å². The highest BCUT2D eigenvalue weighted by atomic mass is 32.2. The predicted molar refractivity (Wildman–Crippen MR) is 69.7 cm³/mol. The van der Waals surface area contributed by atoms with Crippen molar-refractivity contribution in [1.29, 1.82) is 0 Å². The molecular weight excluding hydrogens is 308 g/mol. The fraction of sp³-hybridized carbons (Fsp3) is 0.182. The van der Waals surface area contributed by atoms with Crippen LogP contribution >= 0.6 is 0 Å². The summed E-state index contributed by atoms with van der Waals surface area (Å²) >= 11 is 0.258. The number of sulfone groups is 1. The Balaban J connectivity index is 2.56. The second-order valence-electron chi connectivity index (χ2n) is 4.34. The van der Waals surface area contributed by atoms with Crippen molar-refractivity contribution in [3.8, 4) is 11.3 Å². The summed E-state index contributed by atoms with van der Waals surface area (Å²) in [6, 6.07) is 6.72. The zero-order chi connectivity index (χ0) is 15.1. The molecule has 106 valence electrons. The van der Waals surface area contributed by atoms with Crippen LogP contribution in [0.5, 0.6) is 0 Å². The fourth-order valence-corrected chi connectivity index (χ4v) is 3.03. The Bertz CT molecular complexity index is 753. The Hall–Kier alpha value is -1.30. The minimum Gasteiger partial charge on any atom is -0.368 e. The van der Waals surface area contributed by atoms with Gasteiger partial charge in [0.15, 0.2) is 15.5 Å². The summed E-state index contributed by atoms with van der Waals surface area (Å²) in [6.45, 7) is 0. The quantitative estimate of drug-likeness (QED) is 0.786. The average molecular weight is 318 g/mol. The van der Waals surface area contributed by atoms with E-state index in [1.165, 1.54) is 21.9 Å². The third-order valence-electron chi connectivity index (χ3n) is 2.73. The van der Waals surface area contributed by atoms with Crippen molar-refractivity contribution >= 4 is 26.3 Å². The third-order valence-corrected chi connectivity index (χ3v) is 4.52. The van der Waals surface area contributed by atoms with Gasteiger partial charge in [-0.1, -0.05) is 12.1 Å². The van der Waals surface area contributed by atoms with Crippen LogP contribution in [0.2, 0.25) is 0 Å². The van der Waals surface area contributed by atoms with Gasteiger partial charge in [-0.05, 0) is 23.8 Å². The molecule has 1 aromatic carbocycles. The third kappa shape index (κ3) is 3.06. The molecule has 0 radical (unpaired) electrons. The molecule has 0 fully saturated rings. The molecule has 0 unspecified atom stereocenters. The Morgan fingerprint density at radius 2 is 1.90 bits per heavy atom. The van der Waals surface area contributed by atoms with Gasteiger partial charge in [-0.2, -0.15) is 18.3 Å². The van der Waals surface area contributed by atoms with Gasteiger partial charge in [-0.15, -0.1) is 0 Å². The number of halogens is 3. The summed E-state index contributed by atoms with van der Waals surface area (Å²) in [7, 11) is -3.41. The van der Waals surface area contributed by atoms with Crippen molar-refractivity contribution in [2.45, 2.75) is 11.1 Å². The first-order chi connectivity index (χ1) is 9.09. The van der Waals surface area contributed by atoms with Crippen molar-refractivity contribution in [2.75, 3.05) is 6.26 Å². The number of aromatic nitrogens is 2. The Kier molecular flexibility index (Phi) is 3.71. The largest absolute Gasteiger partial charge is 0.435 e. The smallest absolute Gasteiger partial charge is 0.368 e. The summed E-state index contributed by atoms with van der Waals surface area (Å²) in [5.74, 6) is 0. The van der Waals surface area contributed by atoms with Crippen LogP contribution in [0.4, 0.5) is 13.2 Å². The summed E-state index contributed by atoms with van der Waals surface area (Å²) < 4.78 is 62.0. The highest BCUT2D eigenvalue weighted by Crippen LogP contribution is 2.31. The predicted octanol–water partition coefficient (Wildman–Crippen LogP) is 1.37. The molecule has 0 spiro atoms. The zero-order valence-electron chi connectivity index (χ0n) is 10.6. The highest BCUT2D eigenvalue weighted by molar-refractivity contribution is 7.90. The van der Waals surface area contributed by atoms with Crippen LogP contribution in [0.3, 0.4) is 0 Å².